The van der Waals surface area contributed by atoms with Crippen molar-refractivity contribution in [3.8, 4) is 23.3 Å². The van der Waals surface area contributed by atoms with Crippen LogP contribution < -0.4 is 0 Å². The summed E-state index contributed by atoms with van der Waals surface area (Å²) in [5, 5.41) is 14.9. The van der Waals surface area contributed by atoms with Gasteiger partial charge in [0.2, 0.25) is 0 Å². The van der Waals surface area contributed by atoms with Gasteiger partial charge in [-0.05, 0) is 62.4 Å². The van der Waals surface area contributed by atoms with Crippen LogP contribution in [0.2, 0.25) is 0 Å². The average Bonchev–Trinajstić information content (AvgIpc) is 3.98. The highest BCUT2D eigenvalue weighted by Crippen LogP contribution is 2.34. The molecule has 0 bridgehead atoms. The average molecular weight is 661 g/mol. The number of para-hydroxylation sites is 4. The van der Waals surface area contributed by atoms with Crippen LogP contribution in [0.15, 0.2) is 158 Å². The van der Waals surface area contributed by atoms with E-state index in [1.807, 2.05) is 58.2 Å². The first-order chi connectivity index (χ1) is 25.0. The van der Waals surface area contributed by atoms with Crippen molar-refractivity contribution in [1.29, 1.82) is 0 Å². The van der Waals surface area contributed by atoms with Crippen LogP contribution in [-0.4, -0.2) is 38.7 Å². The first-order valence-electron chi connectivity index (χ1n) is 17.1. The van der Waals surface area contributed by atoms with E-state index in [9.17, 15) is 0 Å². The Morgan fingerprint density at radius 2 is 0.725 bits per heavy atom. The normalized spacial score (nSPS) is 12.1. The minimum Gasteiger partial charge on any atom is -0.292 e. The van der Waals surface area contributed by atoms with Gasteiger partial charge in [0.05, 0.1) is 33.5 Å². The fourth-order valence-corrected chi connectivity index (χ4v) is 7.39. The van der Waals surface area contributed by atoms with Gasteiger partial charge in [-0.1, -0.05) is 84.9 Å². The number of hydrogen-bond acceptors (Lipinski definition) is 4. The first-order valence-corrected chi connectivity index (χ1v) is 17.1. The third kappa shape index (κ3) is 4.53. The number of nitrogens with zero attached hydrogens (tertiary/aromatic N) is 8. The van der Waals surface area contributed by atoms with Gasteiger partial charge < -0.3 is 0 Å². The standard InChI is InChI=1S/C43H32N8/c1-43(2,37-21-11-23-39(44-37)48-27-25-41(46-48)50-33-17-7-3-13-29(33)30-14-4-8-18-34(30)50)38-22-12-24-40(45-38)49-28-26-42(47-49)51-35-19-9-5-15-31(35)32-16-6-10-20-36(32)51/h3-28H,1-2H3. The summed E-state index contributed by atoms with van der Waals surface area (Å²) in [6.45, 7) is 4.31. The smallest absolute Gasteiger partial charge is 0.160 e. The molecular formula is C43H32N8. The second-order valence-electron chi connectivity index (χ2n) is 13.4. The number of hydrogen-bond donors (Lipinski definition) is 0. The number of pyridine rings is 2. The molecule has 6 heterocycles. The zero-order valence-electron chi connectivity index (χ0n) is 28.1. The lowest BCUT2D eigenvalue weighted by atomic mass is 9.84. The Labute approximate surface area is 293 Å². The molecule has 0 unspecified atom stereocenters. The molecule has 0 saturated carbocycles. The minimum absolute atomic E-state index is 0.502. The topological polar surface area (TPSA) is 71.3 Å². The van der Waals surface area contributed by atoms with Crippen LogP contribution in [0, 0.1) is 0 Å². The summed E-state index contributed by atoms with van der Waals surface area (Å²) in [4.78, 5) is 10.3. The van der Waals surface area contributed by atoms with Crippen LogP contribution in [0.3, 0.4) is 0 Å². The second kappa shape index (κ2) is 11.1. The summed E-state index contributed by atoms with van der Waals surface area (Å²) in [5.74, 6) is 3.17. The van der Waals surface area contributed by atoms with Gasteiger partial charge in [-0.15, -0.1) is 10.2 Å². The van der Waals surface area contributed by atoms with Crippen LogP contribution in [0.5, 0.6) is 0 Å². The monoisotopic (exact) mass is 660 g/mol. The SMILES string of the molecule is CC(C)(c1cccc(-n2ccc(-n3c4ccccc4c4ccccc43)n2)n1)c1cccc(-n2ccc(-n3c4ccccc4c4ccccc43)n2)n1. The molecule has 8 nitrogen and oxygen atoms in total. The predicted molar refractivity (Wildman–Crippen MR) is 204 cm³/mol. The lowest BCUT2D eigenvalue weighted by Crippen LogP contribution is -2.23. The molecule has 6 aromatic heterocycles. The van der Waals surface area contributed by atoms with Crippen molar-refractivity contribution in [3.05, 3.63) is 169 Å². The highest BCUT2D eigenvalue weighted by Gasteiger charge is 2.28. The number of rotatable bonds is 6. The van der Waals surface area contributed by atoms with Crippen LogP contribution in [0.25, 0.3) is 66.9 Å². The highest BCUT2D eigenvalue weighted by molar-refractivity contribution is 6.10. The maximum atomic E-state index is 5.13. The molecule has 0 N–H and O–H groups in total. The third-order valence-corrected chi connectivity index (χ3v) is 9.99. The molecule has 0 fully saturated rings. The molecule has 8 heteroatoms. The lowest BCUT2D eigenvalue weighted by Gasteiger charge is -2.24. The van der Waals surface area contributed by atoms with Crippen molar-refractivity contribution >= 4 is 43.6 Å². The lowest BCUT2D eigenvalue weighted by molar-refractivity contribution is 0.588. The molecular weight excluding hydrogens is 629 g/mol. The maximum absolute atomic E-state index is 5.13. The highest BCUT2D eigenvalue weighted by atomic mass is 15.4. The fourth-order valence-electron chi connectivity index (χ4n) is 7.39. The molecule has 0 atom stereocenters. The van der Waals surface area contributed by atoms with Crippen molar-refractivity contribution in [2.75, 3.05) is 0 Å². The molecule has 4 aromatic carbocycles. The molecule has 0 amide bonds. The molecule has 0 saturated heterocycles. The Hall–Kier alpha value is -6.80. The Kier molecular flexibility index (Phi) is 6.35. The maximum Gasteiger partial charge on any atom is 0.160 e. The molecule has 0 spiro atoms. The van der Waals surface area contributed by atoms with Crippen molar-refractivity contribution < 1.29 is 0 Å². The van der Waals surface area contributed by atoms with Gasteiger partial charge in [0.25, 0.3) is 0 Å². The number of fused-ring (bicyclic) bond motifs is 6. The van der Waals surface area contributed by atoms with Gasteiger partial charge in [0, 0.05) is 51.5 Å². The van der Waals surface area contributed by atoms with E-state index in [0.717, 1.165) is 56.7 Å². The second-order valence-corrected chi connectivity index (χ2v) is 13.4. The Balaban J connectivity index is 0.988. The van der Waals surface area contributed by atoms with E-state index >= 15 is 0 Å². The van der Waals surface area contributed by atoms with E-state index in [4.69, 9.17) is 20.2 Å². The Morgan fingerprint density at radius 1 is 0.373 bits per heavy atom. The van der Waals surface area contributed by atoms with E-state index in [2.05, 4.69) is 132 Å². The van der Waals surface area contributed by atoms with Gasteiger partial charge in [-0.25, -0.2) is 19.3 Å². The van der Waals surface area contributed by atoms with Gasteiger partial charge in [-0.3, -0.25) is 9.13 Å². The third-order valence-electron chi connectivity index (χ3n) is 9.99. The predicted octanol–water partition coefficient (Wildman–Crippen LogP) is 9.37. The van der Waals surface area contributed by atoms with Crippen molar-refractivity contribution in [2.45, 2.75) is 19.3 Å². The number of aromatic nitrogens is 8. The summed E-state index contributed by atoms with van der Waals surface area (Å²) in [7, 11) is 0. The van der Waals surface area contributed by atoms with Crippen LogP contribution in [0.4, 0.5) is 0 Å². The van der Waals surface area contributed by atoms with E-state index in [1.54, 1.807) is 0 Å². The first kappa shape index (κ1) is 29.1. The molecule has 0 aliphatic carbocycles. The van der Waals surface area contributed by atoms with Gasteiger partial charge in [0.1, 0.15) is 0 Å². The van der Waals surface area contributed by atoms with Gasteiger partial charge in [-0.2, -0.15) is 0 Å². The summed E-state index contributed by atoms with van der Waals surface area (Å²) < 4.78 is 8.13. The summed E-state index contributed by atoms with van der Waals surface area (Å²) in [5.41, 5.74) is 5.77. The molecule has 0 aliphatic rings. The van der Waals surface area contributed by atoms with Crippen molar-refractivity contribution in [3.63, 3.8) is 0 Å². The van der Waals surface area contributed by atoms with Gasteiger partial charge >= 0.3 is 0 Å². The molecule has 0 radical (unpaired) electrons. The molecule has 244 valence electrons. The Morgan fingerprint density at radius 3 is 1.10 bits per heavy atom. The van der Waals surface area contributed by atoms with E-state index < -0.39 is 5.41 Å². The van der Waals surface area contributed by atoms with Crippen molar-refractivity contribution in [2.24, 2.45) is 0 Å². The summed E-state index contributed by atoms with van der Waals surface area (Å²) >= 11 is 0. The molecule has 10 rings (SSSR count). The largest absolute Gasteiger partial charge is 0.292 e. The Bertz CT molecular complexity index is 2610. The van der Waals surface area contributed by atoms with Gasteiger partial charge in [0.15, 0.2) is 23.3 Å². The summed E-state index contributed by atoms with van der Waals surface area (Å²) in [6, 6.07) is 50.1. The molecule has 10 aromatic rings. The van der Waals surface area contributed by atoms with E-state index in [1.165, 1.54) is 21.5 Å². The zero-order chi connectivity index (χ0) is 34.1. The summed E-state index contributed by atoms with van der Waals surface area (Å²) in [6.07, 6.45) is 3.95. The van der Waals surface area contributed by atoms with Crippen LogP contribution >= 0.6 is 0 Å². The van der Waals surface area contributed by atoms with Crippen LogP contribution in [0.1, 0.15) is 25.2 Å². The van der Waals surface area contributed by atoms with E-state index in [0.29, 0.717) is 0 Å². The quantitative estimate of drug-likeness (QED) is 0.178. The van der Waals surface area contributed by atoms with Crippen molar-refractivity contribution in [1.82, 2.24) is 38.7 Å². The minimum atomic E-state index is -0.502. The zero-order valence-corrected chi connectivity index (χ0v) is 28.1. The number of benzene rings is 4. The molecule has 51 heavy (non-hydrogen) atoms. The fraction of sp³-hybridized carbons (Fsp3) is 0.0698. The molecule has 0 aliphatic heterocycles. The van der Waals surface area contributed by atoms with Crippen LogP contribution in [-0.2, 0) is 5.41 Å². The van der Waals surface area contributed by atoms with E-state index in [-0.39, 0.29) is 0 Å².